The van der Waals surface area contributed by atoms with Crippen molar-refractivity contribution in [1.82, 2.24) is 9.55 Å². The molecule has 0 aromatic carbocycles. The first kappa shape index (κ1) is 11.6. The fourth-order valence-electron chi connectivity index (χ4n) is 1.84. The van der Waals surface area contributed by atoms with E-state index >= 15 is 0 Å². The van der Waals surface area contributed by atoms with E-state index in [1.807, 2.05) is 0 Å². The third-order valence-corrected chi connectivity index (χ3v) is 2.84. The zero-order valence-corrected chi connectivity index (χ0v) is 9.17. The molecule has 0 bridgehead atoms. The van der Waals surface area contributed by atoms with Gasteiger partial charge in [-0.2, -0.15) is 4.98 Å². The third-order valence-electron chi connectivity index (χ3n) is 2.84. The fourth-order valence-corrected chi connectivity index (χ4v) is 1.84. The number of nitrogens with two attached hydrogens (primary N) is 1. The molecule has 1 aliphatic heterocycles. The summed E-state index contributed by atoms with van der Waals surface area (Å²) in [5.41, 5.74) is 3.91. The minimum absolute atomic E-state index is 0.162. The molecule has 0 spiro atoms. The summed E-state index contributed by atoms with van der Waals surface area (Å²) in [5.74, 6) is 2.59. The molecule has 1 aromatic heterocycles. The van der Waals surface area contributed by atoms with E-state index in [0.717, 1.165) is 0 Å². The molecule has 1 saturated heterocycles. The highest BCUT2D eigenvalue weighted by Crippen LogP contribution is 2.34. The molecule has 1 aromatic rings. The molecular formula is C11H13N3O3. The summed E-state index contributed by atoms with van der Waals surface area (Å²) in [5, 5.41) is 9.20. The molecule has 2 heterocycles. The topological polar surface area (TPSA) is 90.4 Å². The number of nitrogens with zero attached hydrogens (tertiary/aromatic N) is 2. The summed E-state index contributed by atoms with van der Waals surface area (Å²) >= 11 is 0. The average molecular weight is 235 g/mol. The van der Waals surface area contributed by atoms with Crippen LogP contribution < -0.4 is 11.4 Å². The number of rotatable bonds is 2. The van der Waals surface area contributed by atoms with Gasteiger partial charge in [0.1, 0.15) is 12.0 Å². The van der Waals surface area contributed by atoms with Gasteiger partial charge >= 0.3 is 5.69 Å². The molecule has 0 unspecified atom stereocenters. The molecule has 6 nitrogen and oxygen atoms in total. The molecular weight excluding hydrogens is 222 g/mol. The molecule has 0 radical (unpaired) electrons. The molecule has 2 rings (SSSR count). The lowest BCUT2D eigenvalue weighted by molar-refractivity contribution is -0.0648. The minimum Gasteiger partial charge on any atom is -0.392 e. The molecule has 90 valence electrons. The van der Waals surface area contributed by atoms with Crippen LogP contribution in [0.4, 0.5) is 5.82 Å². The van der Waals surface area contributed by atoms with E-state index in [-0.39, 0.29) is 12.4 Å². The Labute approximate surface area is 98.0 Å². The third kappa shape index (κ3) is 2.02. The van der Waals surface area contributed by atoms with Gasteiger partial charge in [-0.1, -0.05) is 5.92 Å². The van der Waals surface area contributed by atoms with Crippen LogP contribution in [0.25, 0.3) is 0 Å². The fraction of sp³-hybridized carbons (Fsp3) is 0.455. The SMILES string of the molecule is C#C[C@]1(CO)CC[C@H](n2ccc(N)nc2=O)O1. The number of nitrogen functional groups attached to an aromatic ring is 1. The van der Waals surface area contributed by atoms with Crippen LogP contribution in [0.3, 0.4) is 0 Å². The van der Waals surface area contributed by atoms with Crippen molar-refractivity contribution in [2.45, 2.75) is 24.7 Å². The maximum absolute atomic E-state index is 11.6. The van der Waals surface area contributed by atoms with Crippen LogP contribution in [0.5, 0.6) is 0 Å². The number of hydrogen-bond acceptors (Lipinski definition) is 5. The van der Waals surface area contributed by atoms with E-state index < -0.39 is 17.5 Å². The number of anilines is 1. The molecule has 2 atom stereocenters. The lowest BCUT2D eigenvalue weighted by Crippen LogP contribution is -2.33. The van der Waals surface area contributed by atoms with Crippen LogP contribution in [0, 0.1) is 12.3 Å². The van der Waals surface area contributed by atoms with Gasteiger partial charge in [0.15, 0.2) is 5.60 Å². The van der Waals surface area contributed by atoms with Gasteiger partial charge < -0.3 is 15.6 Å². The number of hydrogen-bond donors (Lipinski definition) is 2. The highest BCUT2D eigenvalue weighted by Gasteiger charge is 2.39. The van der Waals surface area contributed by atoms with Crippen molar-refractivity contribution in [2.75, 3.05) is 12.3 Å². The molecule has 1 fully saturated rings. The van der Waals surface area contributed by atoms with Crippen LogP contribution in [0.15, 0.2) is 17.1 Å². The van der Waals surface area contributed by atoms with Gasteiger partial charge in [0, 0.05) is 6.20 Å². The Hall–Kier alpha value is -1.84. The second-order valence-electron chi connectivity index (χ2n) is 3.95. The van der Waals surface area contributed by atoms with Crippen LogP contribution in [0.2, 0.25) is 0 Å². The van der Waals surface area contributed by atoms with Gasteiger partial charge in [0.2, 0.25) is 0 Å². The first-order valence-electron chi connectivity index (χ1n) is 5.21. The smallest absolute Gasteiger partial charge is 0.351 e. The van der Waals surface area contributed by atoms with Gasteiger partial charge in [-0.15, -0.1) is 6.42 Å². The Morgan fingerprint density at radius 3 is 3.12 bits per heavy atom. The Kier molecular flexibility index (Phi) is 2.88. The van der Waals surface area contributed by atoms with E-state index in [0.29, 0.717) is 12.8 Å². The van der Waals surface area contributed by atoms with Gasteiger partial charge in [-0.3, -0.25) is 4.57 Å². The maximum atomic E-state index is 11.6. The lowest BCUT2D eigenvalue weighted by atomic mass is 10.0. The Bertz CT molecular complexity index is 519. The van der Waals surface area contributed by atoms with Crippen molar-refractivity contribution >= 4 is 5.82 Å². The molecule has 17 heavy (non-hydrogen) atoms. The van der Waals surface area contributed by atoms with E-state index in [1.165, 1.54) is 16.8 Å². The second-order valence-corrected chi connectivity index (χ2v) is 3.95. The number of aliphatic hydroxyl groups is 1. The minimum atomic E-state index is -0.995. The average Bonchev–Trinajstić information content (AvgIpc) is 2.74. The highest BCUT2D eigenvalue weighted by atomic mass is 16.5. The lowest BCUT2D eigenvalue weighted by Gasteiger charge is -2.21. The predicted molar refractivity (Wildman–Crippen MR) is 60.9 cm³/mol. The van der Waals surface area contributed by atoms with E-state index in [4.69, 9.17) is 16.9 Å². The standard InChI is InChI=1S/C11H13N3O3/c1-2-11(7-15)5-3-9(17-11)14-6-4-8(12)13-10(14)16/h1,4,6,9,15H,3,5,7H2,(H2,12,13,16)/t9-,11-/m1/s1. The summed E-state index contributed by atoms with van der Waals surface area (Å²) in [7, 11) is 0. The van der Waals surface area contributed by atoms with Crippen molar-refractivity contribution < 1.29 is 9.84 Å². The Balaban J connectivity index is 2.27. The van der Waals surface area contributed by atoms with Gasteiger partial charge in [-0.05, 0) is 18.9 Å². The van der Waals surface area contributed by atoms with Crippen molar-refractivity contribution in [3.05, 3.63) is 22.7 Å². The van der Waals surface area contributed by atoms with Crippen LogP contribution in [0.1, 0.15) is 19.1 Å². The first-order chi connectivity index (χ1) is 8.10. The second kappa shape index (κ2) is 4.20. The summed E-state index contributed by atoms with van der Waals surface area (Å²) < 4.78 is 6.87. The van der Waals surface area contributed by atoms with Crippen molar-refractivity contribution in [3.63, 3.8) is 0 Å². The normalized spacial score (nSPS) is 27.9. The van der Waals surface area contributed by atoms with E-state index in [2.05, 4.69) is 10.9 Å². The first-order valence-corrected chi connectivity index (χ1v) is 5.21. The van der Waals surface area contributed by atoms with E-state index in [9.17, 15) is 9.90 Å². The van der Waals surface area contributed by atoms with Crippen molar-refractivity contribution in [2.24, 2.45) is 0 Å². The monoisotopic (exact) mass is 235 g/mol. The Morgan fingerprint density at radius 1 is 1.82 bits per heavy atom. The zero-order valence-electron chi connectivity index (χ0n) is 9.17. The van der Waals surface area contributed by atoms with Crippen LogP contribution in [-0.2, 0) is 4.74 Å². The summed E-state index contributed by atoms with van der Waals surface area (Å²) in [6, 6.07) is 1.51. The number of ether oxygens (including phenoxy) is 1. The predicted octanol–water partition coefficient (Wildman–Crippen LogP) is -0.501. The van der Waals surface area contributed by atoms with Crippen LogP contribution in [-0.4, -0.2) is 26.9 Å². The number of aromatic nitrogens is 2. The molecule has 1 aliphatic rings. The van der Waals surface area contributed by atoms with Gasteiger partial charge in [0.05, 0.1) is 6.61 Å². The summed E-state index contributed by atoms with van der Waals surface area (Å²) in [6.45, 7) is -0.267. The Morgan fingerprint density at radius 2 is 2.59 bits per heavy atom. The summed E-state index contributed by atoms with van der Waals surface area (Å²) in [4.78, 5) is 15.2. The quantitative estimate of drug-likeness (QED) is 0.674. The molecule has 3 N–H and O–H groups in total. The van der Waals surface area contributed by atoms with Crippen molar-refractivity contribution in [1.29, 1.82) is 0 Å². The zero-order chi connectivity index (χ0) is 12.5. The maximum Gasteiger partial charge on any atom is 0.351 e. The molecule has 0 aliphatic carbocycles. The number of terminal acetylenes is 1. The molecule has 6 heteroatoms. The highest BCUT2D eigenvalue weighted by molar-refractivity contribution is 5.23. The van der Waals surface area contributed by atoms with Gasteiger partial charge in [-0.25, -0.2) is 4.79 Å². The van der Waals surface area contributed by atoms with Crippen molar-refractivity contribution in [3.8, 4) is 12.3 Å². The van der Waals surface area contributed by atoms with E-state index in [1.54, 1.807) is 0 Å². The molecule has 0 amide bonds. The van der Waals surface area contributed by atoms with Gasteiger partial charge in [0.25, 0.3) is 0 Å². The number of aliphatic hydroxyl groups excluding tert-OH is 1. The largest absolute Gasteiger partial charge is 0.392 e. The molecule has 0 saturated carbocycles. The summed E-state index contributed by atoms with van der Waals surface area (Å²) in [6.07, 6.45) is 7.39. The van der Waals surface area contributed by atoms with Crippen LogP contribution >= 0.6 is 0 Å².